The Balaban J connectivity index is 1.96. The summed E-state index contributed by atoms with van der Waals surface area (Å²) >= 11 is 0. The Kier molecular flexibility index (Phi) is 2.81. The number of anilines is 1. The predicted molar refractivity (Wildman–Crippen MR) is 65.6 cm³/mol. The van der Waals surface area contributed by atoms with Crippen LogP contribution in [0.1, 0.15) is 29.0 Å². The number of carbonyl (C=O) groups is 2. The molecule has 1 aromatic carbocycles. The third kappa shape index (κ3) is 1.87. The third-order valence-corrected chi connectivity index (χ3v) is 3.05. The molecule has 0 saturated heterocycles. The van der Waals surface area contributed by atoms with E-state index in [1.807, 2.05) is 6.92 Å². The van der Waals surface area contributed by atoms with Gasteiger partial charge in [-0.3, -0.25) is 14.5 Å². The van der Waals surface area contributed by atoms with Gasteiger partial charge >= 0.3 is 0 Å². The summed E-state index contributed by atoms with van der Waals surface area (Å²) in [6, 6.07) is 3.60. The zero-order valence-corrected chi connectivity index (χ0v) is 10.6. The van der Waals surface area contributed by atoms with Gasteiger partial charge in [0.2, 0.25) is 5.89 Å². The summed E-state index contributed by atoms with van der Waals surface area (Å²) in [5, 5.41) is 3.71. The Hall–Kier alpha value is -2.57. The van der Waals surface area contributed by atoms with Gasteiger partial charge in [0.1, 0.15) is 12.4 Å². The molecule has 6 nitrogen and oxygen atoms in total. The zero-order valence-electron chi connectivity index (χ0n) is 10.6. The van der Waals surface area contributed by atoms with Gasteiger partial charge in [-0.05, 0) is 18.2 Å². The van der Waals surface area contributed by atoms with E-state index in [1.165, 1.54) is 6.07 Å². The SMILES string of the molecule is CCc1noc(CN2C(=O)C(=O)c3ccc(F)cc32)n1. The highest BCUT2D eigenvalue weighted by Gasteiger charge is 2.36. The predicted octanol–water partition coefficient (Wildman–Crippen LogP) is 1.50. The van der Waals surface area contributed by atoms with E-state index >= 15 is 0 Å². The first-order chi connectivity index (χ1) is 9.60. The summed E-state index contributed by atoms with van der Waals surface area (Å²) in [6.45, 7) is 1.82. The van der Waals surface area contributed by atoms with Crippen molar-refractivity contribution >= 4 is 17.4 Å². The highest BCUT2D eigenvalue weighted by molar-refractivity contribution is 6.52. The first-order valence-electron chi connectivity index (χ1n) is 6.07. The fourth-order valence-electron chi connectivity index (χ4n) is 2.06. The molecule has 2 aromatic rings. The van der Waals surface area contributed by atoms with Crippen molar-refractivity contribution in [1.82, 2.24) is 10.1 Å². The van der Waals surface area contributed by atoms with Crippen molar-refractivity contribution in [3.8, 4) is 0 Å². The van der Waals surface area contributed by atoms with Gasteiger partial charge in [0, 0.05) is 6.42 Å². The van der Waals surface area contributed by atoms with Crippen LogP contribution < -0.4 is 4.90 Å². The number of benzene rings is 1. The van der Waals surface area contributed by atoms with Crippen LogP contribution in [0.4, 0.5) is 10.1 Å². The van der Waals surface area contributed by atoms with Crippen molar-refractivity contribution in [3.63, 3.8) is 0 Å². The van der Waals surface area contributed by atoms with E-state index in [0.29, 0.717) is 12.2 Å². The lowest BCUT2D eigenvalue weighted by Gasteiger charge is -2.13. The lowest BCUT2D eigenvalue weighted by molar-refractivity contribution is -0.114. The van der Waals surface area contributed by atoms with Crippen LogP contribution in [0.3, 0.4) is 0 Å². The van der Waals surface area contributed by atoms with Crippen LogP contribution in [0, 0.1) is 5.82 Å². The second kappa shape index (κ2) is 4.52. The van der Waals surface area contributed by atoms with E-state index in [2.05, 4.69) is 10.1 Å². The number of rotatable bonds is 3. The molecular formula is C13H10FN3O3. The summed E-state index contributed by atoms with van der Waals surface area (Å²) < 4.78 is 18.3. The first-order valence-corrected chi connectivity index (χ1v) is 6.07. The maximum Gasteiger partial charge on any atom is 0.299 e. The van der Waals surface area contributed by atoms with Gasteiger partial charge in [0.15, 0.2) is 5.82 Å². The standard InChI is InChI=1S/C13H10FN3O3/c1-2-10-15-11(20-16-10)6-17-9-5-7(14)3-4-8(9)12(18)13(17)19/h3-5H,2,6H2,1H3. The number of amides is 1. The third-order valence-electron chi connectivity index (χ3n) is 3.05. The fraction of sp³-hybridized carbons (Fsp3) is 0.231. The molecule has 0 saturated carbocycles. The number of fused-ring (bicyclic) bond motifs is 1. The molecule has 3 rings (SSSR count). The number of aromatic nitrogens is 2. The van der Waals surface area contributed by atoms with Gasteiger partial charge in [-0.25, -0.2) is 4.39 Å². The smallest absolute Gasteiger partial charge is 0.299 e. The lowest BCUT2D eigenvalue weighted by atomic mass is 10.1. The molecule has 0 fully saturated rings. The van der Waals surface area contributed by atoms with Crippen molar-refractivity contribution in [1.29, 1.82) is 0 Å². The van der Waals surface area contributed by atoms with Crippen LogP contribution in [0.5, 0.6) is 0 Å². The maximum atomic E-state index is 13.3. The largest absolute Gasteiger partial charge is 0.337 e. The van der Waals surface area contributed by atoms with Gasteiger partial charge in [-0.2, -0.15) is 4.98 Å². The number of hydrogen-bond donors (Lipinski definition) is 0. The van der Waals surface area contributed by atoms with Crippen molar-refractivity contribution in [2.45, 2.75) is 19.9 Å². The minimum absolute atomic E-state index is 0.0476. The quantitative estimate of drug-likeness (QED) is 0.793. The van der Waals surface area contributed by atoms with E-state index in [0.717, 1.165) is 17.0 Å². The molecule has 0 aliphatic carbocycles. The second-order valence-electron chi connectivity index (χ2n) is 4.34. The topological polar surface area (TPSA) is 76.3 Å². The number of ketones is 1. The fourth-order valence-corrected chi connectivity index (χ4v) is 2.06. The van der Waals surface area contributed by atoms with Crippen LogP contribution in [0.25, 0.3) is 0 Å². The molecule has 1 aromatic heterocycles. The van der Waals surface area contributed by atoms with Gasteiger partial charge in [-0.1, -0.05) is 12.1 Å². The molecule has 0 N–H and O–H groups in total. The number of halogens is 1. The molecule has 20 heavy (non-hydrogen) atoms. The van der Waals surface area contributed by atoms with Crippen LogP contribution in [0.15, 0.2) is 22.7 Å². The summed E-state index contributed by atoms with van der Waals surface area (Å²) in [4.78, 5) is 28.9. The minimum atomic E-state index is -0.721. The summed E-state index contributed by atoms with van der Waals surface area (Å²) in [7, 11) is 0. The Bertz CT molecular complexity index is 711. The Morgan fingerprint density at radius 1 is 1.35 bits per heavy atom. The van der Waals surface area contributed by atoms with E-state index in [1.54, 1.807) is 0 Å². The van der Waals surface area contributed by atoms with Crippen molar-refractivity contribution < 1.29 is 18.5 Å². The van der Waals surface area contributed by atoms with Crippen LogP contribution in [-0.4, -0.2) is 21.8 Å². The number of carbonyl (C=O) groups excluding carboxylic acids is 2. The molecule has 0 radical (unpaired) electrons. The number of hydrogen-bond acceptors (Lipinski definition) is 5. The minimum Gasteiger partial charge on any atom is -0.337 e. The van der Waals surface area contributed by atoms with Crippen LogP contribution >= 0.6 is 0 Å². The summed E-state index contributed by atoms with van der Waals surface area (Å²) in [5.74, 6) is -1.18. The van der Waals surface area contributed by atoms with Gasteiger partial charge in [0.25, 0.3) is 11.7 Å². The number of Topliss-reactive ketones (excluding diaryl/α,β-unsaturated/α-hetero) is 1. The number of nitrogens with zero attached hydrogens (tertiary/aromatic N) is 3. The van der Waals surface area contributed by atoms with Gasteiger partial charge < -0.3 is 4.52 Å². The molecule has 0 atom stereocenters. The maximum absolute atomic E-state index is 13.3. The van der Waals surface area contributed by atoms with E-state index in [-0.39, 0.29) is 23.7 Å². The molecule has 0 bridgehead atoms. The molecule has 0 spiro atoms. The van der Waals surface area contributed by atoms with Crippen LogP contribution in [0.2, 0.25) is 0 Å². The highest BCUT2D eigenvalue weighted by atomic mass is 19.1. The van der Waals surface area contributed by atoms with Crippen molar-refractivity contribution in [3.05, 3.63) is 41.3 Å². The van der Waals surface area contributed by atoms with E-state index in [4.69, 9.17) is 4.52 Å². The van der Waals surface area contributed by atoms with E-state index < -0.39 is 17.5 Å². The Morgan fingerprint density at radius 2 is 2.15 bits per heavy atom. The average Bonchev–Trinajstić information content (AvgIpc) is 2.98. The zero-order chi connectivity index (χ0) is 14.3. The molecular weight excluding hydrogens is 265 g/mol. The Morgan fingerprint density at radius 3 is 2.85 bits per heavy atom. The number of aryl methyl sites for hydroxylation is 1. The van der Waals surface area contributed by atoms with Gasteiger partial charge in [0.05, 0.1) is 11.3 Å². The molecule has 1 aliphatic rings. The Labute approximate surface area is 113 Å². The molecule has 2 heterocycles. The van der Waals surface area contributed by atoms with Gasteiger partial charge in [-0.15, -0.1) is 0 Å². The lowest BCUT2D eigenvalue weighted by Crippen LogP contribution is -2.29. The summed E-state index contributed by atoms with van der Waals surface area (Å²) in [5.41, 5.74) is 0.419. The molecule has 7 heteroatoms. The average molecular weight is 275 g/mol. The first kappa shape index (κ1) is 12.5. The van der Waals surface area contributed by atoms with Crippen LogP contribution in [-0.2, 0) is 17.8 Å². The summed E-state index contributed by atoms with van der Waals surface area (Å²) in [6.07, 6.45) is 0.599. The van der Waals surface area contributed by atoms with E-state index in [9.17, 15) is 14.0 Å². The van der Waals surface area contributed by atoms with Crippen molar-refractivity contribution in [2.75, 3.05) is 4.90 Å². The molecule has 1 aliphatic heterocycles. The van der Waals surface area contributed by atoms with Crippen molar-refractivity contribution in [2.24, 2.45) is 0 Å². The second-order valence-corrected chi connectivity index (χ2v) is 4.34. The molecule has 0 unspecified atom stereocenters. The normalized spacial score (nSPS) is 14.0. The molecule has 102 valence electrons. The highest BCUT2D eigenvalue weighted by Crippen LogP contribution is 2.30. The molecule has 1 amide bonds. The monoisotopic (exact) mass is 275 g/mol.